The van der Waals surface area contributed by atoms with Gasteiger partial charge in [0.1, 0.15) is 17.5 Å². The molecule has 66 heavy (non-hydrogen) atoms. The number of para-hydroxylation sites is 2. The van der Waals surface area contributed by atoms with Crippen LogP contribution in [0.15, 0.2) is 110 Å². The van der Waals surface area contributed by atoms with Crippen LogP contribution in [0.1, 0.15) is 107 Å². The molecule has 11 heteroatoms. The number of rotatable bonds is 10. The number of anilines is 5. The SMILES string of the molecule is Cc1cc(C)c(B2c3ccccc3[N-]c3ccccc32)c(C)c1.[2H]C([2H])([2H])N([CH-]Nc1[c-]c(N2[CH-]N(C([2H])([2H])[2H])c3nccnc32)cc(-c2c(C(C)C)cc(C(C)C)cc2C(C)C)c1)c1nccnc1C.[Pt+4]. The number of aromatic nitrogens is 4. The van der Waals surface area contributed by atoms with Gasteiger partial charge in [0, 0.05) is 33.0 Å². The maximum absolute atomic E-state index is 8.23. The molecule has 0 atom stereocenters. The summed E-state index contributed by atoms with van der Waals surface area (Å²) in [5.74, 6) is 1.41. The smallest absolute Gasteiger partial charge is 0.659 e. The molecule has 0 saturated heterocycles. The molecule has 7 aromatic rings. The van der Waals surface area contributed by atoms with Gasteiger partial charge in [-0.3, -0.25) is 4.98 Å². The van der Waals surface area contributed by atoms with Crippen LogP contribution in [0.5, 0.6) is 0 Å². The van der Waals surface area contributed by atoms with E-state index in [1.165, 1.54) is 87.9 Å². The van der Waals surface area contributed by atoms with Crippen LogP contribution >= 0.6 is 0 Å². The van der Waals surface area contributed by atoms with Crippen LogP contribution in [0.3, 0.4) is 0 Å². The third-order valence-electron chi connectivity index (χ3n) is 12.1. The molecule has 0 radical (unpaired) electrons. The van der Waals surface area contributed by atoms with Gasteiger partial charge >= 0.3 is 21.1 Å². The predicted molar refractivity (Wildman–Crippen MR) is 274 cm³/mol. The summed E-state index contributed by atoms with van der Waals surface area (Å²) in [5.41, 5.74) is 17.2. The van der Waals surface area contributed by atoms with Gasteiger partial charge in [0.05, 0.1) is 5.69 Å². The Hall–Kier alpha value is -5.99. The summed E-state index contributed by atoms with van der Waals surface area (Å²) in [4.78, 5) is 21.1. The number of benzene rings is 5. The van der Waals surface area contributed by atoms with E-state index in [1.807, 2.05) is 12.1 Å². The summed E-state index contributed by atoms with van der Waals surface area (Å²) in [7, 11) is 0. The van der Waals surface area contributed by atoms with Gasteiger partial charge in [0.15, 0.2) is 0 Å². The van der Waals surface area contributed by atoms with Crippen molar-refractivity contribution in [2.45, 2.75) is 87.0 Å². The third kappa shape index (κ3) is 9.76. The standard InChI is InChI=1S/C34H41N8.C21H19BN.Pt/c1-21(2)25-16-29(22(3)4)31(30(17-25)23(5)6)26-14-27(39-19-40(8)32-24(7)35-10-11-36-32)18-28(15-26)42-20-41(9)33-34(42)38-13-12-37-33;1-14-12-15(2)21(16(3)13-14)22-17-8-4-6-10-19(17)23-20-11-7-5-9-18(20)22;/h10-17,19-23,39H,1-9H3;4-13H,1-3H3;/q-3;-1;+4/i8D3,9D3;;. The maximum Gasteiger partial charge on any atom is 4.00 e. The molecule has 0 saturated carbocycles. The van der Waals surface area contributed by atoms with Gasteiger partial charge < -0.3 is 25.3 Å². The number of hydrogen-bond donors (Lipinski definition) is 1. The minimum Gasteiger partial charge on any atom is -0.659 e. The van der Waals surface area contributed by atoms with Gasteiger partial charge in [-0.1, -0.05) is 147 Å². The molecule has 2 aromatic heterocycles. The zero-order chi connectivity index (χ0) is 51.1. The van der Waals surface area contributed by atoms with Gasteiger partial charge in [-0.2, -0.15) is 6.67 Å². The summed E-state index contributed by atoms with van der Waals surface area (Å²) in [6.07, 6.45) is 5.91. The van der Waals surface area contributed by atoms with Crippen molar-refractivity contribution in [2.75, 3.05) is 34.0 Å². The van der Waals surface area contributed by atoms with Crippen LogP contribution in [0.4, 0.5) is 40.2 Å². The Morgan fingerprint density at radius 1 is 0.742 bits per heavy atom. The summed E-state index contributed by atoms with van der Waals surface area (Å²) in [6, 6.07) is 33.4. The molecule has 0 bridgehead atoms. The second-order valence-corrected chi connectivity index (χ2v) is 17.8. The maximum atomic E-state index is 8.23. The van der Waals surface area contributed by atoms with Crippen molar-refractivity contribution in [2.24, 2.45) is 0 Å². The van der Waals surface area contributed by atoms with Gasteiger partial charge in [0.25, 0.3) is 0 Å². The average Bonchev–Trinajstić information content (AvgIpc) is 3.72. The molecule has 338 valence electrons. The molecule has 0 aliphatic carbocycles. The van der Waals surface area contributed by atoms with Gasteiger partial charge in [-0.05, 0) is 81.7 Å². The molecular formula is C55H60BN9Pt. The van der Waals surface area contributed by atoms with Gasteiger partial charge in [-0.25, -0.2) is 15.0 Å². The third-order valence-corrected chi connectivity index (χ3v) is 12.1. The molecule has 9 rings (SSSR count). The van der Waals surface area contributed by atoms with Crippen molar-refractivity contribution in [3.05, 3.63) is 174 Å². The fraction of sp³-hybridized carbons (Fsp3) is 0.273. The van der Waals surface area contributed by atoms with Crippen LogP contribution in [0.2, 0.25) is 0 Å². The Bertz CT molecular complexity index is 2970. The van der Waals surface area contributed by atoms with E-state index in [0.29, 0.717) is 28.8 Å². The Morgan fingerprint density at radius 2 is 1.33 bits per heavy atom. The summed E-state index contributed by atoms with van der Waals surface area (Å²) in [6.45, 7) is 19.3. The number of nitrogens with zero attached hydrogens (tertiary/aromatic N) is 8. The zero-order valence-electron chi connectivity index (χ0n) is 45.3. The van der Waals surface area contributed by atoms with E-state index in [4.69, 9.17) is 13.5 Å². The Morgan fingerprint density at radius 3 is 1.91 bits per heavy atom. The monoisotopic (exact) mass is 1060 g/mol. The molecule has 0 spiro atoms. The van der Waals surface area contributed by atoms with Crippen LogP contribution in [-0.2, 0) is 21.1 Å². The van der Waals surface area contributed by atoms with Crippen LogP contribution in [0, 0.1) is 47.1 Å². The number of nitrogens with one attached hydrogen (secondary N) is 1. The van der Waals surface area contributed by atoms with Crippen molar-refractivity contribution in [3.63, 3.8) is 0 Å². The van der Waals surface area contributed by atoms with Crippen molar-refractivity contribution >= 4 is 63.3 Å². The van der Waals surface area contributed by atoms with E-state index in [1.54, 1.807) is 11.8 Å². The van der Waals surface area contributed by atoms with E-state index in [-0.39, 0.29) is 51.2 Å². The fourth-order valence-corrected chi connectivity index (χ4v) is 9.01. The van der Waals surface area contributed by atoms with Crippen molar-refractivity contribution < 1.29 is 29.3 Å². The first kappa shape index (κ1) is 40.3. The van der Waals surface area contributed by atoms with Crippen LogP contribution in [0.25, 0.3) is 16.4 Å². The predicted octanol–water partition coefficient (Wildman–Crippen LogP) is 11.6. The molecule has 2 aliphatic heterocycles. The molecule has 5 aromatic carbocycles. The average molecular weight is 1060 g/mol. The summed E-state index contributed by atoms with van der Waals surface area (Å²) in [5, 5.41) is 8.02. The summed E-state index contributed by atoms with van der Waals surface area (Å²) < 4.78 is 49.1. The Balaban J connectivity index is 0.000000263. The normalized spacial score (nSPS) is 14.3. The van der Waals surface area contributed by atoms with E-state index < -0.39 is 14.0 Å². The zero-order valence-corrected chi connectivity index (χ0v) is 41.5. The molecule has 0 unspecified atom stereocenters. The second kappa shape index (κ2) is 20.3. The van der Waals surface area contributed by atoms with Gasteiger partial charge in [0.2, 0.25) is 6.71 Å². The number of aryl methyl sites for hydroxylation is 4. The number of hydrogen-bond acceptors (Lipinski definition) is 8. The molecule has 4 heterocycles. The molecule has 9 nitrogen and oxygen atoms in total. The van der Waals surface area contributed by atoms with E-state index >= 15 is 0 Å². The topological polar surface area (TPSA) is 87.4 Å². The second-order valence-electron chi connectivity index (χ2n) is 17.8. The quantitative estimate of drug-likeness (QED) is 0.107. The fourth-order valence-electron chi connectivity index (χ4n) is 9.01. The first-order chi connectivity index (χ1) is 33.6. The van der Waals surface area contributed by atoms with Crippen LogP contribution < -0.4 is 36.4 Å². The molecule has 1 N–H and O–H groups in total. The molecule has 0 amide bonds. The van der Waals surface area contributed by atoms with Crippen molar-refractivity contribution in [1.29, 1.82) is 0 Å². The van der Waals surface area contributed by atoms with E-state index in [0.717, 1.165) is 32.3 Å². The number of fused-ring (bicyclic) bond motifs is 3. The largest absolute Gasteiger partial charge is 4.00 e. The minimum atomic E-state index is -2.58. The molecule has 0 fully saturated rings. The Labute approximate surface area is 416 Å². The molecular weight excluding hydrogens is 993 g/mol. The van der Waals surface area contributed by atoms with E-state index in [2.05, 4.69) is 166 Å². The summed E-state index contributed by atoms with van der Waals surface area (Å²) >= 11 is 0. The first-order valence-electron chi connectivity index (χ1n) is 25.3. The first-order valence-corrected chi connectivity index (χ1v) is 22.3. The van der Waals surface area contributed by atoms with Crippen molar-refractivity contribution in [1.82, 2.24) is 19.9 Å². The Kier molecular flexibility index (Phi) is 12.4. The van der Waals surface area contributed by atoms with E-state index in [9.17, 15) is 0 Å². The van der Waals surface area contributed by atoms with Gasteiger partial charge in [-0.15, -0.1) is 53.2 Å². The minimum absolute atomic E-state index is 0. The molecule has 2 aliphatic rings. The van der Waals surface area contributed by atoms with Crippen molar-refractivity contribution in [3.8, 4) is 11.1 Å². The van der Waals surface area contributed by atoms with Crippen LogP contribution in [-0.4, -0.2) is 40.6 Å².